The largest absolute Gasteiger partial charge is 0.380 e. The molecule has 1 aromatic heterocycles. The third kappa shape index (κ3) is 3.27. The van der Waals surface area contributed by atoms with E-state index in [-0.39, 0.29) is 0 Å². The van der Waals surface area contributed by atoms with Gasteiger partial charge in [-0.05, 0) is 25.2 Å². The van der Waals surface area contributed by atoms with E-state index in [1.54, 1.807) is 18.4 Å². The van der Waals surface area contributed by atoms with Crippen molar-refractivity contribution >= 4 is 16.5 Å². The zero-order valence-electron chi connectivity index (χ0n) is 12.2. The summed E-state index contributed by atoms with van der Waals surface area (Å²) in [6.07, 6.45) is 3.78. The summed E-state index contributed by atoms with van der Waals surface area (Å²) in [4.78, 5) is 8.45. The van der Waals surface area contributed by atoms with E-state index in [2.05, 4.69) is 18.7 Å². The van der Waals surface area contributed by atoms with Gasteiger partial charge in [0.25, 0.3) is 0 Å². The van der Waals surface area contributed by atoms with Gasteiger partial charge >= 0.3 is 0 Å². The highest BCUT2D eigenvalue weighted by molar-refractivity contribution is 7.15. The summed E-state index contributed by atoms with van der Waals surface area (Å²) < 4.78 is 5.49. The van der Waals surface area contributed by atoms with Gasteiger partial charge in [0.15, 0.2) is 5.13 Å². The second-order valence-corrected chi connectivity index (χ2v) is 6.33. The Kier molecular flexibility index (Phi) is 5.19. The van der Waals surface area contributed by atoms with Crippen LogP contribution in [0.3, 0.4) is 0 Å². The predicted molar refractivity (Wildman–Crippen MR) is 81.0 cm³/mol. The second kappa shape index (κ2) is 6.68. The molecule has 2 atom stereocenters. The van der Waals surface area contributed by atoms with Crippen LogP contribution in [-0.2, 0) is 11.3 Å². The second-order valence-electron chi connectivity index (χ2n) is 5.26. The predicted octanol–water partition coefficient (Wildman–Crippen LogP) is 2.73. The van der Waals surface area contributed by atoms with Crippen LogP contribution < -0.4 is 10.6 Å². The van der Waals surface area contributed by atoms with Crippen molar-refractivity contribution in [3.05, 3.63) is 10.6 Å². The number of aromatic nitrogens is 1. The maximum atomic E-state index is 5.87. The van der Waals surface area contributed by atoms with Gasteiger partial charge in [-0.2, -0.15) is 0 Å². The molecule has 0 aliphatic carbocycles. The fourth-order valence-corrected chi connectivity index (χ4v) is 3.61. The molecule has 1 saturated heterocycles. The Hall–Kier alpha value is -0.650. The van der Waals surface area contributed by atoms with Crippen molar-refractivity contribution in [1.82, 2.24) is 4.98 Å². The van der Waals surface area contributed by atoms with Crippen molar-refractivity contribution in [2.75, 3.05) is 25.1 Å². The van der Waals surface area contributed by atoms with Gasteiger partial charge in [-0.15, -0.1) is 11.3 Å². The molecule has 0 bridgehead atoms. The molecule has 0 saturated carbocycles. The Morgan fingerprint density at radius 3 is 3.00 bits per heavy atom. The molecule has 1 fully saturated rings. The molecule has 1 aliphatic heterocycles. The number of methoxy groups -OCH3 is 1. The van der Waals surface area contributed by atoms with E-state index >= 15 is 0 Å². The van der Waals surface area contributed by atoms with Crippen LogP contribution in [0.4, 0.5) is 5.13 Å². The molecule has 2 rings (SSSR count). The summed E-state index contributed by atoms with van der Waals surface area (Å²) >= 11 is 1.76. The summed E-state index contributed by atoms with van der Waals surface area (Å²) in [6.45, 7) is 7.06. The smallest absolute Gasteiger partial charge is 0.185 e. The highest BCUT2D eigenvalue weighted by Crippen LogP contribution is 2.33. The summed E-state index contributed by atoms with van der Waals surface area (Å²) in [7, 11) is 1.80. The van der Waals surface area contributed by atoms with Crippen LogP contribution in [0.15, 0.2) is 0 Å². The average molecular weight is 283 g/mol. The lowest BCUT2D eigenvalue weighted by Gasteiger charge is -2.31. The molecule has 0 spiro atoms. The summed E-state index contributed by atoms with van der Waals surface area (Å²) in [5, 5.41) is 1.12. The van der Waals surface area contributed by atoms with Gasteiger partial charge in [0.1, 0.15) is 0 Å². The third-order valence-corrected chi connectivity index (χ3v) is 5.12. The van der Waals surface area contributed by atoms with Crippen LogP contribution in [0, 0.1) is 0 Å². The van der Waals surface area contributed by atoms with Gasteiger partial charge in [-0.1, -0.05) is 13.8 Å². The molecule has 0 radical (unpaired) electrons. The van der Waals surface area contributed by atoms with Crippen molar-refractivity contribution in [2.24, 2.45) is 5.73 Å². The van der Waals surface area contributed by atoms with E-state index in [9.17, 15) is 0 Å². The highest BCUT2D eigenvalue weighted by atomic mass is 32.1. The monoisotopic (exact) mass is 283 g/mol. The van der Waals surface area contributed by atoms with Crippen molar-refractivity contribution in [3.63, 3.8) is 0 Å². The van der Waals surface area contributed by atoms with E-state index in [4.69, 9.17) is 15.5 Å². The van der Waals surface area contributed by atoms with Crippen LogP contribution in [0.5, 0.6) is 0 Å². The number of hydrogen-bond acceptors (Lipinski definition) is 5. The number of anilines is 1. The zero-order valence-corrected chi connectivity index (χ0v) is 13.0. The molecule has 0 amide bonds. The van der Waals surface area contributed by atoms with Crippen LogP contribution in [0.25, 0.3) is 0 Å². The first kappa shape index (κ1) is 14.8. The van der Waals surface area contributed by atoms with Crippen LogP contribution >= 0.6 is 11.3 Å². The number of ether oxygens (including phenoxy) is 1. The van der Waals surface area contributed by atoms with Crippen molar-refractivity contribution in [3.8, 4) is 0 Å². The summed E-state index contributed by atoms with van der Waals surface area (Å²) in [5.74, 6) is 0.492. The number of hydrogen-bond donors (Lipinski definition) is 1. The topological polar surface area (TPSA) is 51.4 Å². The Morgan fingerprint density at radius 2 is 2.37 bits per heavy atom. The minimum absolute atomic E-state index is 0.339. The van der Waals surface area contributed by atoms with Gasteiger partial charge in [0.05, 0.1) is 11.8 Å². The van der Waals surface area contributed by atoms with Gasteiger partial charge in [0.2, 0.25) is 0 Å². The Labute approximate surface area is 120 Å². The minimum atomic E-state index is 0.339. The molecule has 5 heteroatoms. The molecule has 1 aliphatic rings. The maximum Gasteiger partial charge on any atom is 0.185 e. The standard InChI is InChI=1S/C14H25N3OS/c1-4-10(2)13-12(8-15)19-14(16-13)17-7-5-6-11(9-17)18-3/h10-11H,4-9,15H2,1-3H3. The quantitative estimate of drug-likeness (QED) is 0.902. The number of nitrogens with two attached hydrogens (primary N) is 1. The average Bonchev–Trinajstić information content (AvgIpc) is 2.90. The maximum absolute atomic E-state index is 5.87. The molecule has 2 unspecified atom stereocenters. The van der Waals surface area contributed by atoms with Crippen molar-refractivity contribution < 1.29 is 4.74 Å². The lowest BCUT2D eigenvalue weighted by atomic mass is 10.0. The Balaban J connectivity index is 2.18. The fraction of sp³-hybridized carbons (Fsp3) is 0.786. The SMILES string of the molecule is CCC(C)c1nc(N2CCCC(OC)C2)sc1CN. The lowest BCUT2D eigenvalue weighted by Crippen LogP contribution is -2.39. The number of thiazole rings is 1. The summed E-state index contributed by atoms with van der Waals surface area (Å²) in [5.41, 5.74) is 7.07. The van der Waals surface area contributed by atoms with E-state index in [0.29, 0.717) is 18.6 Å². The van der Waals surface area contributed by atoms with Gasteiger partial charge in [0, 0.05) is 31.6 Å². The molecular formula is C14H25N3OS. The van der Waals surface area contributed by atoms with Crippen LogP contribution in [-0.4, -0.2) is 31.3 Å². The summed E-state index contributed by atoms with van der Waals surface area (Å²) in [6, 6.07) is 0. The third-order valence-electron chi connectivity index (χ3n) is 3.96. The van der Waals surface area contributed by atoms with Gasteiger partial charge in [-0.3, -0.25) is 0 Å². The molecular weight excluding hydrogens is 258 g/mol. The van der Waals surface area contributed by atoms with Crippen molar-refractivity contribution in [1.29, 1.82) is 0 Å². The van der Waals surface area contributed by atoms with Crippen LogP contribution in [0.2, 0.25) is 0 Å². The normalized spacial score (nSPS) is 21.7. The molecule has 108 valence electrons. The fourth-order valence-electron chi connectivity index (χ4n) is 2.51. The molecule has 2 N–H and O–H groups in total. The zero-order chi connectivity index (χ0) is 13.8. The first-order valence-electron chi connectivity index (χ1n) is 7.17. The lowest BCUT2D eigenvalue weighted by molar-refractivity contribution is 0.0893. The number of piperidine rings is 1. The Bertz CT molecular complexity index is 407. The minimum Gasteiger partial charge on any atom is -0.380 e. The van der Waals surface area contributed by atoms with Crippen molar-refractivity contribution in [2.45, 2.75) is 51.7 Å². The highest BCUT2D eigenvalue weighted by Gasteiger charge is 2.24. The van der Waals surface area contributed by atoms with Crippen LogP contribution in [0.1, 0.15) is 49.6 Å². The van der Waals surface area contributed by atoms with E-state index < -0.39 is 0 Å². The van der Waals surface area contributed by atoms with E-state index in [0.717, 1.165) is 31.1 Å². The Morgan fingerprint density at radius 1 is 1.58 bits per heavy atom. The molecule has 2 heterocycles. The number of rotatable bonds is 5. The van der Waals surface area contributed by atoms with E-state index in [1.165, 1.54) is 17.0 Å². The molecule has 19 heavy (non-hydrogen) atoms. The molecule has 0 aromatic carbocycles. The molecule has 4 nitrogen and oxygen atoms in total. The first-order valence-corrected chi connectivity index (χ1v) is 7.98. The molecule has 1 aromatic rings. The van der Waals surface area contributed by atoms with Gasteiger partial charge in [-0.25, -0.2) is 4.98 Å². The number of nitrogens with zero attached hydrogens (tertiary/aromatic N) is 2. The van der Waals surface area contributed by atoms with E-state index in [1.807, 2.05) is 0 Å². The van der Waals surface area contributed by atoms with Gasteiger partial charge < -0.3 is 15.4 Å². The first-order chi connectivity index (χ1) is 9.19.